The number of halogens is 3. The van der Waals surface area contributed by atoms with Crippen LogP contribution in [0.4, 0.5) is 24.9 Å². The van der Waals surface area contributed by atoms with Gasteiger partial charge < -0.3 is 24.8 Å². The summed E-state index contributed by atoms with van der Waals surface area (Å²) in [5, 5.41) is 4.46. The molecule has 2 fully saturated rings. The van der Waals surface area contributed by atoms with E-state index in [1.54, 1.807) is 4.90 Å². The fourth-order valence-electron chi connectivity index (χ4n) is 5.01. The van der Waals surface area contributed by atoms with Crippen molar-refractivity contribution >= 4 is 28.6 Å². The monoisotopic (exact) mass is 528 g/mol. The molecule has 1 amide bonds. The van der Waals surface area contributed by atoms with Crippen molar-refractivity contribution in [3.63, 3.8) is 0 Å². The normalized spacial score (nSPS) is 19.0. The average Bonchev–Trinajstić information content (AvgIpc) is 3.24. The van der Waals surface area contributed by atoms with E-state index < -0.39 is 6.36 Å². The Morgan fingerprint density at radius 2 is 1.82 bits per heavy atom. The van der Waals surface area contributed by atoms with Gasteiger partial charge in [0.2, 0.25) is 11.9 Å². The number of hydrogen-bond acceptors (Lipinski definition) is 7. The van der Waals surface area contributed by atoms with Crippen LogP contribution < -0.4 is 15.0 Å². The number of alkyl halides is 3. The number of ether oxygens (including phenoxy) is 1. The number of aromatic nitrogens is 2. The number of carbonyl (C=O) groups is 1. The lowest BCUT2D eigenvalue weighted by molar-refractivity contribution is -0.274. The van der Waals surface area contributed by atoms with Crippen molar-refractivity contribution in [1.82, 2.24) is 19.8 Å². The summed E-state index contributed by atoms with van der Waals surface area (Å²) in [4.78, 5) is 29.0. The van der Waals surface area contributed by atoms with E-state index in [2.05, 4.69) is 33.0 Å². The molecule has 1 N–H and O–H groups in total. The zero-order chi connectivity index (χ0) is 26.7. The van der Waals surface area contributed by atoms with Crippen LogP contribution in [0.15, 0.2) is 48.5 Å². The van der Waals surface area contributed by atoms with Gasteiger partial charge in [-0.25, -0.2) is 4.98 Å². The fraction of sp³-hybridized carbons (Fsp3) is 0.444. The van der Waals surface area contributed by atoms with Crippen molar-refractivity contribution in [3.8, 4) is 5.75 Å². The van der Waals surface area contributed by atoms with Crippen molar-refractivity contribution in [2.45, 2.75) is 31.7 Å². The molecule has 0 radical (unpaired) electrons. The molecule has 38 heavy (non-hydrogen) atoms. The van der Waals surface area contributed by atoms with E-state index >= 15 is 0 Å². The maximum absolute atomic E-state index is 12.9. The second-order valence-electron chi connectivity index (χ2n) is 9.87. The number of fused-ring (bicyclic) bond motifs is 1. The van der Waals surface area contributed by atoms with Crippen LogP contribution in [0.25, 0.3) is 10.9 Å². The SMILES string of the molecule is CN1CCCN(c2nc(N[C@H]3CCN(C(=O)Cc4ccc(OC(F)(F)F)cc4)C3)nc3ccccc23)CC1. The summed E-state index contributed by atoms with van der Waals surface area (Å²) in [5.41, 5.74) is 1.51. The maximum atomic E-state index is 12.9. The predicted molar refractivity (Wildman–Crippen MR) is 139 cm³/mol. The first-order chi connectivity index (χ1) is 18.2. The number of amides is 1. The van der Waals surface area contributed by atoms with Gasteiger partial charge in [-0.2, -0.15) is 4.98 Å². The van der Waals surface area contributed by atoms with Gasteiger partial charge in [0.25, 0.3) is 0 Å². The Balaban J connectivity index is 1.23. The lowest BCUT2D eigenvalue weighted by Gasteiger charge is -2.24. The molecule has 8 nitrogen and oxygen atoms in total. The van der Waals surface area contributed by atoms with Gasteiger partial charge >= 0.3 is 6.36 Å². The Hall–Kier alpha value is -3.60. The summed E-state index contributed by atoms with van der Waals surface area (Å²) in [6, 6.07) is 13.4. The Morgan fingerprint density at radius 1 is 1.03 bits per heavy atom. The molecule has 0 saturated carbocycles. The molecule has 5 rings (SSSR count). The summed E-state index contributed by atoms with van der Waals surface area (Å²) in [6.45, 7) is 4.95. The zero-order valence-electron chi connectivity index (χ0n) is 21.2. The highest BCUT2D eigenvalue weighted by molar-refractivity contribution is 5.90. The van der Waals surface area contributed by atoms with Gasteiger partial charge in [0.15, 0.2) is 0 Å². The first-order valence-electron chi connectivity index (χ1n) is 12.8. The first kappa shape index (κ1) is 26.0. The second kappa shape index (κ2) is 11.0. The molecule has 2 aliphatic rings. The minimum absolute atomic E-state index is 0.00536. The molecule has 3 heterocycles. The van der Waals surface area contributed by atoms with Crippen LogP contribution in [0.1, 0.15) is 18.4 Å². The molecule has 0 unspecified atom stereocenters. The number of anilines is 2. The van der Waals surface area contributed by atoms with E-state index in [4.69, 9.17) is 9.97 Å². The zero-order valence-corrected chi connectivity index (χ0v) is 21.2. The van der Waals surface area contributed by atoms with Gasteiger partial charge in [-0.15, -0.1) is 13.2 Å². The molecule has 3 aromatic rings. The molecular weight excluding hydrogens is 497 g/mol. The van der Waals surface area contributed by atoms with Gasteiger partial charge in [0.05, 0.1) is 11.9 Å². The molecule has 1 atom stereocenters. The minimum Gasteiger partial charge on any atom is -0.406 e. The minimum atomic E-state index is -4.74. The Kier molecular flexibility index (Phi) is 7.55. The van der Waals surface area contributed by atoms with Crippen molar-refractivity contribution in [3.05, 3.63) is 54.1 Å². The third-order valence-electron chi connectivity index (χ3n) is 6.99. The Labute approximate surface area is 219 Å². The largest absolute Gasteiger partial charge is 0.573 e. The highest BCUT2D eigenvalue weighted by Crippen LogP contribution is 2.27. The van der Waals surface area contributed by atoms with Gasteiger partial charge in [0, 0.05) is 44.2 Å². The number of rotatable bonds is 6. The summed E-state index contributed by atoms with van der Waals surface area (Å²) in [7, 11) is 2.14. The van der Waals surface area contributed by atoms with Crippen LogP contribution >= 0.6 is 0 Å². The van der Waals surface area contributed by atoms with Gasteiger partial charge in [-0.1, -0.05) is 24.3 Å². The van der Waals surface area contributed by atoms with Crippen LogP contribution in [-0.2, 0) is 11.2 Å². The predicted octanol–water partition coefficient (Wildman–Crippen LogP) is 3.93. The molecule has 0 bridgehead atoms. The van der Waals surface area contributed by atoms with E-state index in [1.165, 1.54) is 24.3 Å². The molecule has 0 aliphatic carbocycles. The number of nitrogens with zero attached hydrogens (tertiary/aromatic N) is 5. The van der Waals surface area contributed by atoms with Gasteiger partial charge in [0.1, 0.15) is 11.6 Å². The Bertz CT molecular complexity index is 1270. The molecule has 2 saturated heterocycles. The molecule has 1 aromatic heterocycles. The summed E-state index contributed by atoms with van der Waals surface area (Å²) in [5.74, 6) is 1.10. The van der Waals surface area contributed by atoms with Crippen LogP contribution in [-0.4, -0.2) is 84.4 Å². The van der Waals surface area contributed by atoms with Crippen LogP contribution in [0.3, 0.4) is 0 Å². The number of benzene rings is 2. The maximum Gasteiger partial charge on any atom is 0.573 e. The third-order valence-corrected chi connectivity index (χ3v) is 6.99. The number of likely N-dealkylation sites (N-methyl/N-ethyl adjacent to an activating group) is 1. The van der Waals surface area contributed by atoms with Crippen molar-refractivity contribution in [2.75, 3.05) is 56.5 Å². The molecule has 2 aliphatic heterocycles. The van der Waals surface area contributed by atoms with Gasteiger partial charge in [-0.05, 0) is 56.3 Å². The number of nitrogens with one attached hydrogen (secondary N) is 1. The molecule has 11 heteroatoms. The molecule has 0 spiro atoms. The topological polar surface area (TPSA) is 73.8 Å². The fourth-order valence-corrected chi connectivity index (χ4v) is 5.01. The van der Waals surface area contributed by atoms with Crippen molar-refractivity contribution < 1.29 is 22.7 Å². The lowest BCUT2D eigenvalue weighted by atomic mass is 10.1. The average molecular weight is 529 g/mol. The van der Waals surface area contributed by atoms with Gasteiger partial charge in [-0.3, -0.25) is 4.79 Å². The molecule has 2 aromatic carbocycles. The Morgan fingerprint density at radius 3 is 2.61 bits per heavy atom. The molecule has 202 valence electrons. The highest BCUT2D eigenvalue weighted by atomic mass is 19.4. The van der Waals surface area contributed by atoms with Crippen molar-refractivity contribution in [1.29, 1.82) is 0 Å². The standard InChI is InChI=1S/C27H31F3N6O2/c1-34-12-4-13-35(16-15-34)25-22-5-2-3-6-23(22)32-26(33-25)31-20-11-14-36(18-20)24(37)17-19-7-9-21(10-8-19)38-27(28,29)30/h2-3,5-10,20H,4,11-18H2,1H3,(H,31,32,33)/t20-/m0/s1. The highest BCUT2D eigenvalue weighted by Gasteiger charge is 2.31. The lowest BCUT2D eigenvalue weighted by Crippen LogP contribution is -2.33. The summed E-state index contributed by atoms with van der Waals surface area (Å²) in [6.07, 6.45) is -2.81. The first-order valence-corrected chi connectivity index (χ1v) is 12.8. The van der Waals surface area contributed by atoms with Crippen molar-refractivity contribution in [2.24, 2.45) is 0 Å². The van der Waals surface area contributed by atoms with Crippen LogP contribution in [0, 0.1) is 0 Å². The quantitative estimate of drug-likeness (QED) is 0.520. The number of carbonyl (C=O) groups excluding carboxylic acids is 1. The van der Waals surface area contributed by atoms with E-state index in [-0.39, 0.29) is 24.1 Å². The smallest absolute Gasteiger partial charge is 0.406 e. The van der Waals surface area contributed by atoms with E-state index in [0.717, 1.165) is 55.7 Å². The number of para-hydroxylation sites is 1. The summed E-state index contributed by atoms with van der Waals surface area (Å²) < 4.78 is 41.0. The number of likely N-dealkylation sites (tertiary alicyclic amines) is 1. The molecular formula is C27H31F3N6O2. The van der Waals surface area contributed by atoms with E-state index in [9.17, 15) is 18.0 Å². The van der Waals surface area contributed by atoms with E-state index in [1.807, 2.05) is 18.2 Å². The number of hydrogen-bond donors (Lipinski definition) is 1. The van der Waals surface area contributed by atoms with Crippen LogP contribution in [0.2, 0.25) is 0 Å². The van der Waals surface area contributed by atoms with Crippen LogP contribution in [0.5, 0.6) is 5.75 Å². The van der Waals surface area contributed by atoms with E-state index in [0.29, 0.717) is 24.6 Å². The third kappa shape index (κ3) is 6.45. The second-order valence-corrected chi connectivity index (χ2v) is 9.87. The summed E-state index contributed by atoms with van der Waals surface area (Å²) >= 11 is 0.